The summed E-state index contributed by atoms with van der Waals surface area (Å²) in [6.07, 6.45) is 0.529. The molecule has 1 aliphatic rings. The van der Waals surface area contributed by atoms with Crippen molar-refractivity contribution in [2.24, 2.45) is 5.10 Å². The van der Waals surface area contributed by atoms with Gasteiger partial charge in [-0.2, -0.15) is 5.10 Å². The van der Waals surface area contributed by atoms with E-state index < -0.39 is 10.0 Å². The van der Waals surface area contributed by atoms with Gasteiger partial charge >= 0.3 is 0 Å². The Morgan fingerprint density at radius 3 is 2.58 bits per heavy atom. The van der Waals surface area contributed by atoms with Crippen LogP contribution in [0.15, 0.2) is 82.8 Å². The first-order chi connectivity index (χ1) is 15.9. The van der Waals surface area contributed by atoms with E-state index in [9.17, 15) is 13.2 Å². The van der Waals surface area contributed by atoms with Crippen LogP contribution in [-0.2, 0) is 16.6 Å². The van der Waals surface area contributed by atoms with Gasteiger partial charge in [-0.25, -0.2) is 18.1 Å². The van der Waals surface area contributed by atoms with E-state index in [1.54, 1.807) is 24.3 Å². The molecular weight excluding hydrogens is 438 g/mol. The molecule has 0 spiro atoms. The van der Waals surface area contributed by atoms with Crippen LogP contribution in [0.4, 0.5) is 0 Å². The fourth-order valence-corrected chi connectivity index (χ4v) is 4.86. The van der Waals surface area contributed by atoms with E-state index in [1.807, 2.05) is 55.5 Å². The van der Waals surface area contributed by atoms with Gasteiger partial charge in [-0.15, -0.1) is 0 Å². The number of carbonyl (C=O) groups is 1. The molecule has 0 atom stereocenters. The van der Waals surface area contributed by atoms with E-state index >= 15 is 0 Å². The molecule has 3 aromatic rings. The Hall–Kier alpha value is -3.49. The van der Waals surface area contributed by atoms with Gasteiger partial charge in [0.2, 0.25) is 10.0 Å². The fraction of sp³-hybridized carbons (Fsp3) is 0.200. The van der Waals surface area contributed by atoms with Crippen LogP contribution in [0.25, 0.3) is 0 Å². The van der Waals surface area contributed by atoms with Crippen LogP contribution in [0, 0.1) is 6.92 Å². The van der Waals surface area contributed by atoms with Gasteiger partial charge in [0.05, 0.1) is 19.4 Å². The number of methoxy groups -OCH3 is 1. The van der Waals surface area contributed by atoms with Gasteiger partial charge in [0, 0.05) is 18.5 Å². The third kappa shape index (κ3) is 5.13. The molecule has 0 aliphatic carbocycles. The summed E-state index contributed by atoms with van der Waals surface area (Å²) in [6, 6.07) is 21.6. The number of hydrogen-bond donors (Lipinski definition) is 1. The highest BCUT2D eigenvalue weighted by Gasteiger charge is 2.25. The Bertz CT molecular complexity index is 1300. The first kappa shape index (κ1) is 22.7. The summed E-state index contributed by atoms with van der Waals surface area (Å²) >= 11 is 0. The second-order valence-corrected chi connectivity index (χ2v) is 9.51. The van der Waals surface area contributed by atoms with Crippen LogP contribution in [-0.4, -0.2) is 38.7 Å². The Labute approximate surface area is 193 Å². The Morgan fingerprint density at radius 2 is 1.85 bits per heavy atom. The molecule has 1 N–H and O–H groups in total. The zero-order valence-electron chi connectivity index (χ0n) is 18.5. The zero-order valence-corrected chi connectivity index (χ0v) is 19.3. The van der Waals surface area contributed by atoms with Crippen molar-refractivity contribution in [3.8, 4) is 5.75 Å². The third-order valence-electron chi connectivity index (χ3n) is 5.40. The monoisotopic (exact) mass is 463 g/mol. The number of rotatable bonds is 7. The standard InChI is InChI=1S/C25H25N3O4S/c1-18-7-6-10-21(15-18)25(29)28-14-13-22(27-28)20-11-12-23(32-2)24(16-20)33(30,31)26-17-19-8-4-3-5-9-19/h3-12,15-16,26H,13-14,17H2,1-2H3. The number of sulfonamides is 1. The lowest BCUT2D eigenvalue weighted by molar-refractivity contribution is 0.0778. The van der Waals surface area contributed by atoms with Gasteiger partial charge in [-0.1, -0.05) is 48.0 Å². The van der Waals surface area contributed by atoms with Crippen LogP contribution in [0.5, 0.6) is 5.75 Å². The summed E-state index contributed by atoms with van der Waals surface area (Å²) in [5.41, 5.74) is 3.70. The van der Waals surface area contributed by atoms with Crippen LogP contribution >= 0.6 is 0 Å². The average Bonchev–Trinajstić information content (AvgIpc) is 3.33. The van der Waals surface area contributed by atoms with Gasteiger partial charge in [-0.3, -0.25) is 4.79 Å². The molecule has 0 fully saturated rings. The molecule has 7 nitrogen and oxygen atoms in total. The predicted molar refractivity (Wildman–Crippen MR) is 127 cm³/mol. The molecule has 0 radical (unpaired) electrons. The molecule has 0 aromatic heterocycles. The van der Waals surface area contributed by atoms with Gasteiger partial charge in [0.1, 0.15) is 10.6 Å². The van der Waals surface area contributed by atoms with Gasteiger partial charge < -0.3 is 4.74 Å². The number of nitrogens with one attached hydrogen (secondary N) is 1. The maximum absolute atomic E-state index is 13.0. The Morgan fingerprint density at radius 1 is 1.06 bits per heavy atom. The van der Waals surface area contributed by atoms with Crippen molar-refractivity contribution < 1.29 is 17.9 Å². The lowest BCUT2D eigenvalue weighted by Gasteiger charge is -2.13. The molecule has 0 unspecified atom stereocenters. The van der Waals surface area contributed by atoms with E-state index in [4.69, 9.17) is 4.74 Å². The van der Waals surface area contributed by atoms with Gasteiger partial charge in [0.15, 0.2) is 0 Å². The van der Waals surface area contributed by atoms with E-state index in [-0.39, 0.29) is 23.1 Å². The first-order valence-electron chi connectivity index (χ1n) is 10.6. The number of carbonyl (C=O) groups excluding carboxylic acids is 1. The second kappa shape index (κ2) is 9.56. The smallest absolute Gasteiger partial charge is 0.273 e. The van der Waals surface area contributed by atoms with E-state index in [0.717, 1.165) is 11.1 Å². The van der Waals surface area contributed by atoms with Gasteiger partial charge in [0.25, 0.3) is 5.91 Å². The molecule has 0 saturated carbocycles. The summed E-state index contributed by atoms with van der Waals surface area (Å²) in [5.74, 6) is 0.0604. The summed E-state index contributed by atoms with van der Waals surface area (Å²) in [6.45, 7) is 2.53. The predicted octanol–water partition coefficient (Wildman–Crippen LogP) is 3.73. The van der Waals surface area contributed by atoms with E-state index in [0.29, 0.717) is 29.8 Å². The molecule has 3 aromatic carbocycles. The van der Waals surface area contributed by atoms with Crippen molar-refractivity contribution in [2.75, 3.05) is 13.7 Å². The molecule has 1 amide bonds. The first-order valence-corrected chi connectivity index (χ1v) is 12.0. The maximum atomic E-state index is 13.0. The molecule has 33 heavy (non-hydrogen) atoms. The lowest BCUT2D eigenvalue weighted by atomic mass is 10.1. The molecule has 8 heteroatoms. The maximum Gasteiger partial charge on any atom is 0.273 e. The van der Waals surface area contributed by atoms with Crippen LogP contribution in [0.1, 0.15) is 33.5 Å². The highest BCUT2D eigenvalue weighted by molar-refractivity contribution is 7.89. The van der Waals surface area contributed by atoms with Crippen molar-refractivity contribution >= 4 is 21.6 Å². The molecule has 4 rings (SSSR count). The Balaban J connectivity index is 1.58. The quantitative estimate of drug-likeness (QED) is 0.578. The zero-order chi connectivity index (χ0) is 23.4. The molecule has 0 bridgehead atoms. The number of hydrogen-bond acceptors (Lipinski definition) is 5. The summed E-state index contributed by atoms with van der Waals surface area (Å²) < 4.78 is 34.0. The van der Waals surface area contributed by atoms with Crippen molar-refractivity contribution in [3.05, 3.63) is 95.1 Å². The molecule has 170 valence electrons. The number of amides is 1. The van der Waals surface area contributed by atoms with E-state index in [2.05, 4.69) is 9.82 Å². The minimum Gasteiger partial charge on any atom is -0.495 e. The van der Waals surface area contributed by atoms with E-state index in [1.165, 1.54) is 12.1 Å². The average molecular weight is 464 g/mol. The normalized spacial score (nSPS) is 13.6. The summed E-state index contributed by atoms with van der Waals surface area (Å²) in [5, 5.41) is 5.91. The SMILES string of the molecule is COc1ccc(C2=NN(C(=O)c3cccc(C)c3)CC2)cc1S(=O)(=O)NCc1ccccc1. The Kier molecular flexibility index (Phi) is 6.57. The number of aryl methyl sites for hydroxylation is 1. The third-order valence-corrected chi connectivity index (χ3v) is 6.82. The number of benzene rings is 3. The minimum atomic E-state index is -3.84. The van der Waals surface area contributed by atoms with Crippen LogP contribution < -0.4 is 9.46 Å². The fourth-order valence-electron chi connectivity index (χ4n) is 3.65. The van der Waals surface area contributed by atoms with Gasteiger partial charge in [-0.05, 0) is 48.4 Å². The second-order valence-electron chi connectivity index (χ2n) is 7.77. The molecule has 1 aliphatic heterocycles. The van der Waals surface area contributed by atoms with Crippen LogP contribution in [0.2, 0.25) is 0 Å². The highest BCUT2D eigenvalue weighted by atomic mass is 32.2. The number of hydrazone groups is 1. The molecular formula is C25H25N3O4S. The number of nitrogens with zero attached hydrogens (tertiary/aromatic N) is 2. The summed E-state index contributed by atoms with van der Waals surface area (Å²) in [4.78, 5) is 12.8. The van der Waals surface area contributed by atoms with Crippen molar-refractivity contribution in [1.82, 2.24) is 9.73 Å². The lowest BCUT2D eigenvalue weighted by Crippen LogP contribution is -2.24. The number of ether oxygens (including phenoxy) is 1. The van der Waals surface area contributed by atoms with Crippen molar-refractivity contribution in [1.29, 1.82) is 0 Å². The van der Waals surface area contributed by atoms with Crippen LogP contribution in [0.3, 0.4) is 0 Å². The largest absolute Gasteiger partial charge is 0.495 e. The van der Waals surface area contributed by atoms with Crippen molar-refractivity contribution in [3.63, 3.8) is 0 Å². The summed E-state index contributed by atoms with van der Waals surface area (Å²) in [7, 11) is -2.41. The molecule has 0 saturated heterocycles. The van der Waals surface area contributed by atoms with Crippen molar-refractivity contribution in [2.45, 2.75) is 24.8 Å². The highest BCUT2D eigenvalue weighted by Crippen LogP contribution is 2.27. The minimum absolute atomic E-state index is 0.0320. The molecule has 1 heterocycles. The topological polar surface area (TPSA) is 88.1 Å².